The van der Waals surface area contributed by atoms with Gasteiger partial charge in [-0.2, -0.15) is 0 Å². The summed E-state index contributed by atoms with van der Waals surface area (Å²) >= 11 is 0. The Morgan fingerprint density at radius 2 is 2.40 bits per heavy atom. The third-order valence-electron chi connectivity index (χ3n) is 1.99. The Kier molecular flexibility index (Phi) is 1.08. The van der Waals surface area contributed by atoms with Crippen LogP contribution in [0, 0.1) is 0 Å². The van der Waals surface area contributed by atoms with Crippen molar-refractivity contribution in [3.8, 4) is 0 Å². The zero-order valence-electron chi connectivity index (χ0n) is 6.09. The van der Waals surface area contributed by atoms with E-state index in [2.05, 4.69) is 17.2 Å². The van der Waals surface area contributed by atoms with E-state index >= 15 is 0 Å². The molecule has 0 bridgehead atoms. The minimum Gasteiger partial charge on any atom is -0.350 e. The Morgan fingerprint density at radius 1 is 1.60 bits per heavy atom. The molecule has 0 aromatic rings. The van der Waals surface area contributed by atoms with Crippen LogP contribution in [0.2, 0.25) is 0 Å². The van der Waals surface area contributed by atoms with E-state index in [0.717, 1.165) is 5.70 Å². The van der Waals surface area contributed by atoms with Crippen molar-refractivity contribution in [1.82, 2.24) is 5.32 Å². The second-order valence-electron chi connectivity index (χ2n) is 2.68. The van der Waals surface area contributed by atoms with Gasteiger partial charge in [-0.3, -0.25) is 0 Å². The standard InChI is InChI=1S/C7H10N2O/c1-4-5(2)8-3-9-7-6(4)10-7/h3,6-7H,1-2H3,(H,8,9). The highest BCUT2D eigenvalue weighted by atomic mass is 16.6. The molecule has 0 aromatic carbocycles. The Labute approximate surface area is 59.8 Å². The van der Waals surface area contributed by atoms with Crippen molar-refractivity contribution in [2.45, 2.75) is 26.2 Å². The molecule has 1 fully saturated rings. The Balaban J connectivity index is 2.28. The van der Waals surface area contributed by atoms with Gasteiger partial charge in [-0.25, -0.2) is 4.99 Å². The van der Waals surface area contributed by atoms with Crippen LogP contribution in [0.5, 0.6) is 0 Å². The number of hydrogen-bond donors (Lipinski definition) is 1. The predicted molar refractivity (Wildman–Crippen MR) is 38.7 cm³/mol. The van der Waals surface area contributed by atoms with E-state index in [0.29, 0.717) is 0 Å². The van der Waals surface area contributed by atoms with Crippen LogP contribution < -0.4 is 5.32 Å². The lowest BCUT2D eigenvalue weighted by atomic mass is 10.2. The van der Waals surface area contributed by atoms with Gasteiger partial charge in [0.2, 0.25) is 0 Å². The summed E-state index contributed by atoms with van der Waals surface area (Å²) in [6, 6.07) is 0. The van der Waals surface area contributed by atoms with E-state index in [1.165, 1.54) is 5.57 Å². The van der Waals surface area contributed by atoms with E-state index in [1.807, 2.05) is 6.92 Å². The van der Waals surface area contributed by atoms with Gasteiger partial charge in [0.25, 0.3) is 0 Å². The molecule has 0 amide bonds. The first-order valence-electron chi connectivity index (χ1n) is 3.40. The SMILES string of the molecule is CC1=C(C)C2OC2N=CN1. The highest BCUT2D eigenvalue weighted by Crippen LogP contribution is 2.31. The number of aliphatic imine (C=N–C) groups is 1. The molecule has 3 heteroatoms. The molecule has 0 aromatic heterocycles. The van der Waals surface area contributed by atoms with Crippen molar-refractivity contribution in [3.05, 3.63) is 11.3 Å². The highest BCUT2D eigenvalue weighted by Gasteiger charge is 2.41. The van der Waals surface area contributed by atoms with Crippen molar-refractivity contribution >= 4 is 6.34 Å². The third kappa shape index (κ3) is 0.743. The van der Waals surface area contributed by atoms with Crippen molar-refractivity contribution in [2.24, 2.45) is 4.99 Å². The first kappa shape index (κ1) is 5.92. The largest absolute Gasteiger partial charge is 0.350 e. The Morgan fingerprint density at radius 3 is 3.20 bits per heavy atom. The number of nitrogens with zero attached hydrogens (tertiary/aromatic N) is 1. The van der Waals surface area contributed by atoms with Gasteiger partial charge in [0.05, 0.1) is 6.34 Å². The van der Waals surface area contributed by atoms with E-state index in [4.69, 9.17) is 4.74 Å². The van der Waals surface area contributed by atoms with Crippen LogP contribution in [0.1, 0.15) is 13.8 Å². The van der Waals surface area contributed by atoms with Gasteiger partial charge < -0.3 is 10.1 Å². The van der Waals surface area contributed by atoms with Gasteiger partial charge in [0, 0.05) is 5.70 Å². The summed E-state index contributed by atoms with van der Waals surface area (Å²) in [5, 5.41) is 3.06. The van der Waals surface area contributed by atoms with Gasteiger partial charge in [-0.15, -0.1) is 0 Å². The molecule has 2 aliphatic rings. The molecule has 2 rings (SSSR count). The van der Waals surface area contributed by atoms with Crippen LogP contribution in [0.3, 0.4) is 0 Å². The fraction of sp³-hybridized carbons (Fsp3) is 0.571. The average Bonchev–Trinajstić information content (AvgIpc) is 2.64. The quantitative estimate of drug-likeness (QED) is 0.499. The highest BCUT2D eigenvalue weighted by molar-refractivity contribution is 5.59. The fourth-order valence-corrected chi connectivity index (χ4v) is 1.07. The lowest BCUT2D eigenvalue weighted by molar-refractivity contribution is 0.387. The lowest BCUT2D eigenvalue weighted by Gasteiger charge is -2.00. The molecular formula is C7H10N2O. The van der Waals surface area contributed by atoms with Crippen LogP contribution in [0.4, 0.5) is 0 Å². The normalized spacial score (nSPS) is 36.6. The van der Waals surface area contributed by atoms with E-state index in [-0.39, 0.29) is 12.3 Å². The second-order valence-corrected chi connectivity index (χ2v) is 2.68. The molecular weight excluding hydrogens is 128 g/mol. The molecule has 2 atom stereocenters. The minimum atomic E-state index is 0.102. The summed E-state index contributed by atoms with van der Waals surface area (Å²) in [4.78, 5) is 4.10. The van der Waals surface area contributed by atoms with Crippen LogP contribution >= 0.6 is 0 Å². The topological polar surface area (TPSA) is 36.9 Å². The average molecular weight is 138 g/mol. The zero-order valence-corrected chi connectivity index (χ0v) is 6.09. The maximum atomic E-state index is 5.24. The molecule has 1 saturated heterocycles. The van der Waals surface area contributed by atoms with Gasteiger partial charge in [0.15, 0.2) is 6.23 Å². The lowest BCUT2D eigenvalue weighted by Crippen LogP contribution is -2.09. The summed E-state index contributed by atoms with van der Waals surface area (Å²) in [6.07, 6.45) is 2.06. The molecule has 2 unspecified atom stereocenters. The molecule has 10 heavy (non-hydrogen) atoms. The zero-order chi connectivity index (χ0) is 7.14. The smallest absolute Gasteiger partial charge is 0.180 e. The molecule has 3 nitrogen and oxygen atoms in total. The second kappa shape index (κ2) is 1.83. The van der Waals surface area contributed by atoms with Crippen LogP contribution in [0.15, 0.2) is 16.3 Å². The van der Waals surface area contributed by atoms with Crippen molar-refractivity contribution in [1.29, 1.82) is 0 Å². The minimum absolute atomic E-state index is 0.102. The summed E-state index contributed by atoms with van der Waals surface area (Å²) in [5.41, 5.74) is 2.43. The molecule has 54 valence electrons. The summed E-state index contributed by atoms with van der Waals surface area (Å²) in [5.74, 6) is 0. The fourth-order valence-electron chi connectivity index (χ4n) is 1.07. The number of hydrogen-bond acceptors (Lipinski definition) is 3. The first-order chi connectivity index (χ1) is 4.79. The molecule has 0 saturated carbocycles. The summed E-state index contributed by atoms with van der Waals surface area (Å²) < 4.78 is 5.24. The molecule has 0 radical (unpaired) electrons. The van der Waals surface area contributed by atoms with Crippen molar-refractivity contribution in [2.75, 3.05) is 0 Å². The van der Waals surface area contributed by atoms with Crippen LogP contribution in [-0.4, -0.2) is 18.7 Å². The monoisotopic (exact) mass is 138 g/mol. The van der Waals surface area contributed by atoms with Crippen LogP contribution in [0.25, 0.3) is 0 Å². The molecule has 2 heterocycles. The van der Waals surface area contributed by atoms with Crippen molar-refractivity contribution < 1.29 is 4.74 Å². The molecule has 2 aliphatic heterocycles. The number of ether oxygens (including phenoxy) is 1. The first-order valence-corrected chi connectivity index (χ1v) is 3.40. The van der Waals surface area contributed by atoms with Crippen molar-refractivity contribution in [3.63, 3.8) is 0 Å². The Hall–Kier alpha value is -0.830. The number of allylic oxidation sites excluding steroid dienone is 1. The number of nitrogens with one attached hydrogen (secondary N) is 1. The number of epoxide rings is 1. The van der Waals surface area contributed by atoms with E-state index in [9.17, 15) is 0 Å². The van der Waals surface area contributed by atoms with E-state index < -0.39 is 0 Å². The number of fused-ring (bicyclic) bond motifs is 1. The molecule has 1 N–H and O–H groups in total. The van der Waals surface area contributed by atoms with Gasteiger partial charge in [-0.1, -0.05) is 0 Å². The molecule has 0 aliphatic carbocycles. The summed E-state index contributed by atoms with van der Waals surface area (Å²) in [7, 11) is 0. The van der Waals surface area contributed by atoms with Gasteiger partial charge >= 0.3 is 0 Å². The molecule has 0 spiro atoms. The van der Waals surface area contributed by atoms with Gasteiger partial charge in [-0.05, 0) is 19.4 Å². The maximum Gasteiger partial charge on any atom is 0.180 e. The summed E-state index contributed by atoms with van der Waals surface area (Å²) in [6.45, 7) is 4.10. The third-order valence-corrected chi connectivity index (χ3v) is 1.99. The predicted octanol–water partition coefficient (Wildman–Crippen LogP) is 0.637. The van der Waals surface area contributed by atoms with E-state index in [1.54, 1.807) is 6.34 Å². The van der Waals surface area contributed by atoms with Gasteiger partial charge in [0.1, 0.15) is 6.10 Å². The maximum absolute atomic E-state index is 5.24. The number of rotatable bonds is 0. The van der Waals surface area contributed by atoms with Crippen LogP contribution in [-0.2, 0) is 4.74 Å². The Bertz CT molecular complexity index is 220.